The van der Waals surface area contributed by atoms with Crippen molar-refractivity contribution in [2.75, 3.05) is 12.4 Å². The van der Waals surface area contributed by atoms with Crippen LogP contribution in [-0.2, 0) is 0 Å². The van der Waals surface area contributed by atoms with Crippen LogP contribution in [0.2, 0.25) is 0 Å². The molecule has 1 aromatic rings. The molecule has 0 radical (unpaired) electrons. The van der Waals surface area contributed by atoms with E-state index in [0.29, 0.717) is 12.0 Å². The van der Waals surface area contributed by atoms with Crippen LogP contribution in [0.25, 0.3) is 0 Å². The summed E-state index contributed by atoms with van der Waals surface area (Å²) in [6.45, 7) is 1.99. The molecule has 1 heterocycles. The van der Waals surface area contributed by atoms with Crippen molar-refractivity contribution < 1.29 is 4.79 Å². The monoisotopic (exact) mass is 178 g/mol. The number of hydrogen-bond donors (Lipinski definition) is 1. The molecule has 70 valence electrons. The minimum absolute atomic E-state index is 0.164. The number of pyridine rings is 1. The first-order chi connectivity index (χ1) is 6.27. The number of hydrogen-bond acceptors (Lipinski definition) is 3. The Balaban J connectivity index is 2.74. The van der Waals surface area contributed by atoms with Crippen molar-refractivity contribution in [3.05, 3.63) is 23.9 Å². The molecule has 0 aliphatic rings. The third kappa shape index (κ3) is 2.54. The Kier molecular flexibility index (Phi) is 3.43. The molecule has 0 fully saturated rings. The predicted octanol–water partition coefficient (Wildman–Crippen LogP) is 2.11. The maximum atomic E-state index is 11.4. The molecule has 0 bridgehead atoms. The van der Waals surface area contributed by atoms with Gasteiger partial charge < -0.3 is 5.32 Å². The van der Waals surface area contributed by atoms with Gasteiger partial charge in [0.2, 0.25) is 0 Å². The SMILES string of the molecule is CCCC(=O)c1ccc(NC)nc1. The lowest BCUT2D eigenvalue weighted by molar-refractivity contribution is 0.0981. The number of anilines is 1. The summed E-state index contributed by atoms with van der Waals surface area (Å²) in [6, 6.07) is 3.61. The molecule has 1 aromatic heterocycles. The number of Topliss-reactive ketones (excluding diaryl/α,β-unsaturated/α-hetero) is 1. The summed E-state index contributed by atoms with van der Waals surface area (Å²) in [4.78, 5) is 15.5. The Morgan fingerprint density at radius 3 is 2.77 bits per heavy atom. The van der Waals surface area contributed by atoms with Gasteiger partial charge in [-0.3, -0.25) is 4.79 Å². The predicted molar refractivity (Wildman–Crippen MR) is 53.0 cm³/mol. The molecule has 0 saturated heterocycles. The Bertz CT molecular complexity index is 279. The maximum Gasteiger partial charge on any atom is 0.164 e. The molecule has 1 N–H and O–H groups in total. The van der Waals surface area contributed by atoms with Crippen molar-refractivity contribution in [1.82, 2.24) is 4.98 Å². The molecular weight excluding hydrogens is 164 g/mol. The van der Waals surface area contributed by atoms with E-state index in [4.69, 9.17) is 0 Å². The highest BCUT2D eigenvalue weighted by Crippen LogP contribution is 2.07. The van der Waals surface area contributed by atoms with Crippen molar-refractivity contribution in [3.63, 3.8) is 0 Å². The summed E-state index contributed by atoms with van der Waals surface area (Å²) in [7, 11) is 1.80. The van der Waals surface area contributed by atoms with E-state index in [9.17, 15) is 4.79 Å². The van der Waals surface area contributed by atoms with Crippen molar-refractivity contribution in [2.24, 2.45) is 0 Å². The Morgan fingerprint density at radius 1 is 1.54 bits per heavy atom. The van der Waals surface area contributed by atoms with E-state index >= 15 is 0 Å². The Hall–Kier alpha value is -1.38. The van der Waals surface area contributed by atoms with Gasteiger partial charge >= 0.3 is 0 Å². The van der Waals surface area contributed by atoms with Crippen LogP contribution >= 0.6 is 0 Å². The summed E-state index contributed by atoms with van der Waals surface area (Å²) < 4.78 is 0. The minimum atomic E-state index is 0.164. The average Bonchev–Trinajstić information content (AvgIpc) is 2.18. The fourth-order valence-electron chi connectivity index (χ4n) is 1.08. The van der Waals surface area contributed by atoms with E-state index in [1.54, 1.807) is 19.3 Å². The van der Waals surface area contributed by atoms with Gasteiger partial charge in [0.15, 0.2) is 5.78 Å². The topological polar surface area (TPSA) is 42.0 Å². The van der Waals surface area contributed by atoms with E-state index in [-0.39, 0.29) is 5.78 Å². The summed E-state index contributed by atoms with van der Waals surface area (Å²) in [6.07, 6.45) is 3.09. The van der Waals surface area contributed by atoms with Gasteiger partial charge in [-0.25, -0.2) is 4.98 Å². The first-order valence-corrected chi connectivity index (χ1v) is 4.45. The fourth-order valence-corrected chi connectivity index (χ4v) is 1.08. The second kappa shape index (κ2) is 4.60. The normalized spacial score (nSPS) is 9.69. The highest BCUT2D eigenvalue weighted by Gasteiger charge is 2.03. The number of aromatic nitrogens is 1. The zero-order valence-corrected chi connectivity index (χ0v) is 8.00. The van der Waals surface area contributed by atoms with Crippen molar-refractivity contribution in [3.8, 4) is 0 Å². The second-order valence-electron chi connectivity index (χ2n) is 2.86. The molecule has 3 heteroatoms. The zero-order valence-electron chi connectivity index (χ0n) is 8.00. The molecule has 13 heavy (non-hydrogen) atoms. The number of carbonyl (C=O) groups excluding carboxylic acids is 1. The number of carbonyl (C=O) groups is 1. The van der Waals surface area contributed by atoms with E-state index in [1.807, 2.05) is 13.0 Å². The molecule has 3 nitrogen and oxygen atoms in total. The largest absolute Gasteiger partial charge is 0.373 e. The van der Waals surface area contributed by atoms with Crippen LogP contribution in [0, 0.1) is 0 Å². The van der Waals surface area contributed by atoms with E-state index in [0.717, 1.165) is 12.2 Å². The summed E-state index contributed by atoms with van der Waals surface area (Å²) in [5.74, 6) is 0.950. The summed E-state index contributed by atoms with van der Waals surface area (Å²) in [5.41, 5.74) is 0.695. The smallest absolute Gasteiger partial charge is 0.164 e. The highest BCUT2D eigenvalue weighted by molar-refractivity contribution is 5.95. The van der Waals surface area contributed by atoms with Crippen LogP contribution in [0.3, 0.4) is 0 Å². The van der Waals surface area contributed by atoms with E-state index in [1.165, 1.54) is 0 Å². The lowest BCUT2D eigenvalue weighted by atomic mass is 10.1. The van der Waals surface area contributed by atoms with Crippen LogP contribution in [0.1, 0.15) is 30.1 Å². The highest BCUT2D eigenvalue weighted by atomic mass is 16.1. The number of rotatable bonds is 4. The standard InChI is InChI=1S/C10H14N2O/c1-3-4-9(13)8-5-6-10(11-2)12-7-8/h5-7H,3-4H2,1-2H3,(H,11,12). The van der Waals surface area contributed by atoms with Gasteiger partial charge in [0.1, 0.15) is 5.82 Å². The van der Waals surface area contributed by atoms with Crippen LogP contribution in [0.15, 0.2) is 18.3 Å². The molecule has 0 aliphatic heterocycles. The van der Waals surface area contributed by atoms with Crippen LogP contribution in [-0.4, -0.2) is 17.8 Å². The van der Waals surface area contributed by atoms with E-state index < -0.39 is 0 Å². The maximum absolute atomic E-state index is 11.4. The van der Waals surface area contributed by atoms with Crippen LogP contribution < -0.4 is 5.32 Å². The van der Waals surface area contributed by atoms with Crippen molar-refractivity contribution >= 4 is 11.6 Å². The molecule has 0 saturated carbocycles. The summed E-state index contributed by atoms with van der Waals surface area (Å²) in [5, 5.41) is 2.90. The van der Waals surface area contributed by atoms with Gasteiger partial charge in [-0.1, -0.05) is 6.92 Å². The molecule has 0 aliphatic carbocycles. The lowest BCUT2D eigenvalue weighted by Gasteiger charge is -2.00. The molecule has 1 rings (SSSR count). The van der Waals surface area contributed by atoms with Gasteiger partial charge in [0, 0.05) is 25.2 Å². The van der Waals surface area contributed by atoms with Gasteiger partial charge in [0.25, 0.3) is 0 Å². The molecule has 0 atom stereocenters. The van der Waals surface area contributed by atoms with Gasteiger partial charge in [-0.2, -0.15) is 0 Å². The minimum Gasteiger partial charge on any atom is -0.373 e. The van der Waals surface area contributed by atoms with Crippen LogP contribution in [0.4, 0.5) is 5.82 Å². The lowest BCUT2D eigenvalue weighted by Crippen LogP contribution is -2.00. The van der Waals surface area contributed by atoms with Crippen molar-refractivity contribution in [2.45, 2.75) is 19.8 Å². The Morgan fingerprint density at radius 2 is 2.31 bits per heavy atom. The zero-order chi connectivity index (χ0) is 9.68. The molecular formula is C10H14N2O. The molecule has 0 amide bonds. The second-order valence-corrected chi connectivity index (χ2v) is 2.86. The average molecular weight is 178 g/mol. The molecule has 0 aromatic carbocycles. The Labute approximate surface area is 78.2 Å². The fraction of sp³-hybridized carbons (Fsp3) is 0.400. The van der Waals surface area contributed by atoms with Gasteiger partial charge in [-0.05, 0) is 18.6 Å². The summed E-state index contributed by atoms with van der Waals surface area (Å²) >= 11 is 0. The van der Waals surface area contributed by atoms with Crippen LogP contribution in [0.5, 0.6) is 0 Å². The first-order valence-electron chi connectivity index (χ1n) is 4.45. The molecule has 0 unspecified atom stereocenters. The van der Waals surface area contributed by atoms with Gasteiger partial charge in [0.05, 0.1) is 0 Å². The third-order valence-corrected chi connectivity index (χ3v) is 1.82. The number of ketones is 1. The molecule has 0 spiro atoms. The number of nitrogens with zero attached hydrogens (tertiary/aromatic N) is 1. The van der Waals surface area contributed by atoms with E-state index in [2.05, 4.69) is 10.3 Å². The third-order valence-electron chi connectivity index (χ3n) is 1.82. The quantitative estimate of drug-likeness (QED) is 0.718. The number of nitrogens with one attached hydrogen (secondary N) is 1. The van der Waals surface area contributed by atoms with Gasteiger partial charge in [-0.15, -0.1) is 0 Å². The first kappa shape index (κ1) is 9.71. The van der Waals surface area contributed by atoms with Crippen molar-refractivity contribution in [1.29, 1.82) is 0 Å².